The summed E-state index contributed by atoms with van der Waals surface area (Å²) in [5.41, 5.74) is 0.480. The van der Waals surface area contributed by atoms with E-state index in [-0.39, 0.29) is 18.3 Å². The lowest BCUT2D eigenvalue weighted by Gasteiger charge is -2.26. The van der Waals surface area contributed by atoms with Gasteiger partial charge >= 0.3 is 0 Å². The first-order valence-corrected chi connectivity index (χ1v) is 6.89. The zero-order chi connectivity index (χ0) is 15.3. The van der Waals surface area contributed by atoms with E-state index in [0.29, 0.717) is 18.0 Å². The molecule has 1 aromatic carbocycles. The van der Waals surface area contributed by atoms with Crippen molar-refractivity contribution in [3.63, 3.8) is 0 Å². The van der Waals surface area contributed by atoms with Crippen LogP contribution in [0.4, 0.5) is 14.5 Å². The minimum absolute atomic E-state index is 0.0980. The van der Waals surface area contributed by atoms with Gasteiger partial charge in [0.1, 0.15) is 17.3 Å². The van der Waals surface area contributed by atoms with Gasteiger partial charge in [-0.25, -0.2) is 8.78 Å². The number of aliphatic hydroxyl groups is 1. The van der Waals surface area contributed by atoms with Gasteiger partial charge in [0.2, 0.25) is 0 Å². The number of anilines is 1. The van der Waals surface area contributed by atoms with Crippen molar-refractivity contribution in [2.75, 3.05) is 25.1 Å². The van der Waals surface area contributed by atoms with Gasteiger partial charge in [-0.15, -0.1) is 0 Å². The van der Waals surface area contributed by atoms with Crippen LogP contribution in [0.1, 0.15) is 26.3 Å². The van der Waals surface area contributed by atoms with Crippen molar-refractivity contribution in [1.29, 1.82) is 0 Å². The van der Waals surface area contributed by atoms with Gasteiger partial charge in [-0.05, 0) is 37.1 Å². The molecule has 1 aromatic rings. The second-order valence-corrected chi connectivity index (χ2v) is 5.58. The maximum Gasteiger partial charge on any atom is 0.149 e. The van der Waals surface area contributed by atoms with Crippen molar-refractivity contribution in [1.82, 2.24) is 5.32 Å². The summed E-state index contributed by atoms with van der Waals surface area (Å²) in [5, 5.41) is 12.2. The lowest BCUT2D eigenvalue weighted by Crippen LogP contribution is -2.33. The van der Waals surface area contributed by atoms with E-state index in [1.807, 2.05) is 0 Å². The lowest BCUT2D eigenvalue weighted by atomic mass is 10.1. The average Bonchev–Trinajstić information content (AvgIpc) is 2.36. The van der Waals surface area contributed by atoms with Crippen LogP contribution in [-0.4, -0.2) is 31.3 Å². The van der Waals surface area contributed by atoms with E-state index in [0.717, 1.165) is 6.54 Å². The zero-order valence-electron chi connectivity index (χ0n) is 12.6. The molecule has 0 aromatic heterocycles. The van der Waals surface area contributed by atoms with E-state index in [1.165, 1.54) is 17.0 Å². The van der Waals surface area contributed by atoms with Crippen LogP contribution >= 0.6 is 0 Å². The van der Waals surface area contributed by atoms with Gasteiger partial charge in [0.25, 0.3) is 0 Å². The summed E-state index contributed by atoms with van der Waals surface area (Å²) in [6, 6.07) is 2.34. The van der Waals surface area contributed by atoms with Gasteiger partial charge in [-0.2, -0.15) is 0 Å². The molecule has 1 rings (SSSR count). The summed E-state index contributed by atoms with van der Waals surface area (Å²) in [5.74, 6) is -0.719. The maximum atomic E-state index is 14.1. The molecular formula is C15H24F2N2O. The van der Waals surface area contributed by atoms with Gasteiger partial charge in [0.15, 0.2) is 0 Å². The maximum absolute atomic E-state index is 14.1. The molecule has 0 radical (unpaired) electrons. The first-order valence-electron chi connectivity index (χ1n) is 6.89. The number of halogens is 2. The summed E-state index contributed by atoms with van der Waals surface area (Å²) in [6.45, 7) is 6.92. The summed E-state index contributed by atoms with van der Waals surface area (Å²) in [6.07, 6.45) is 0. The van der Waals surface area contributed by atoms with Crippen LogP contribution in [-0.2, 0) is 6.54 Å². The second-order valence-electron chi connectivity index (χ2n) is 5.58. The predicted octanol–water partition coefficient (Wildman–Crippen LogP) is 2.53. The highest BCUT2D eigenvalue weighted by atomic mass is 19.1. The highest BCUT2D eigenvalue weighted by molar-refractivity contribution is 5.50. The first-order chi connectivity index (χ1) is 9.36. The highest BCUT2D eigenvalue weighted by Crippen LogP contribution is 2.25. The van der Waals surface area contributed by atoms with Gasteiger partial charge in [-0.1, -0.05) is 13.8 Å². The fourth-order valence-electron chi connectivity index (χ4n) is 1.91. The quantitative estimate of drug-likeness (QED) is 0.808. The molecule has 0 amide bonds. The van der Waals surface area contributed by atoms with Crippen LogP contribution in [0.3, 0.4) is 0 Å². The number of nitrogens with zero attached hydrogens (tertiary/aromatic N) is 1. The van der Waals surface area contributed by atoms with E-state index in [4.69, 9.17) is 5.11 Å². The lowest BCUT2D eigenvalue weighted by molar-refractivity contribution is 0.269. The van der Waals surface area contributed by atoms with Crippen LogP contribution < -0.4 is 10.2 Å². The summed E-state index contributed by atoms with van der Waals surface area (Å²) < 4.78 is 28.1. The zero-order valence-corrected chi connectivity index (χ0v) is 12.6. The molecule has 0 spiro atoms. The SMILES string of the molecule is CC(C)CNCc1cc(F)c(N(C)C(C)CO)c(F)c1. The molecule has 0 heterocycles. The highest BCUT2D eigenvalue weighted by Gasteiger charge is 2.18. The Morgan fingerprint density at radius 2 is 1.75 bits per heavy atom. The fraction of sp³-hybridized carbons (Fsp3) is 0.600. The Bertz CT molecular complexity index is 415. The topological polar surface area (TPSA) is 35.5 Å². The third kappa shape index (κ3) is 4.42. The van der Waals surface area contributed by atoms with Crippen LogP contribution in [0.25, 0.3) is 0 Å². The molecule has 5 heteroatoms. The molecule has 0 saturated heterocycles. The van der Waals surface area contributed by atoms with E-state index in [2.05, 4.69) is 19.2 Å². The number of benzene rings is 1. The molecule has 1 unspecified atom stereocenters. The van der Waals surface area contributed by atoms with Crippen molar-refractivity contribution in [2.24, 2.45) is 5.92 Å². The van der Waals surface area contributed by atoms with Crippen LogP contribution in [0.2, 0.25) is 0 Å². The van der Waals surface area contributed by atoms with Gasteiger partial charge in [0.05, 0.1) is 6.61 Å². The van der Waals surface area contributed by atoms with Crippen molar-refractivity contribution >= 4 is 5.69 Å². The average molecular weight is 286 g/mol. The number of hydrogen-bond acceptors (Lipinski definition) is 3. The van der Waals surface area contributed by atoms with Gasteiger partial charge < -0.3 is 15.3 Å². The molecule has 0 aliphatic rings. The van der Waals surface area contributed by atoms with E-state index in [9.17, 15) is 8.78 Å². The first kappa shape index (κ1) is 16.9. The minimum atomic E-state index is -0.603. The normalized spacial score (nSPS) is 12.8. The molecule has 0 saturated carbocycles. The molecular weight excluding hydrogens is 262 g/mol. The Balaban J connectivity index is 2.86. The second kappa shape index (κ2) is 7.55. The van der Waals surface area contributed by atoms with E-state index in [1.54, 1.807) is 14.0 Å². The Labute approximate surface area is 119 Å². The molecule has 2 N–H and O–H groups in total. The largest absolute Gasteiger partial charge is 0.394 e. The van der Waals surface area contributed by atoms with E-state index >= 15 is 0 Å². The molecule has 3 nitrogen and oxygen atoms in total. The van der Waals surface area contributed by atoms with Crippen LogP contribution in [0.15, 0.2) is 12.1 Å². The van der Waals surface area contributed by atoms with Crippen molar-refractivity contribution < 1.29 is 13.9 Å². The molecule has 0 aliphatic heterocycles. The number of hydrogen-bond donors (Lipinski definition) is 2. The standard InChI is InChI=1S/C15H24F2N2O/c1-10(2)7-18-8-12-5-13(16)15(14(17)6-12)19(4)11(3)9-20/h5-6,10-11,18,20H,7-9H2,1-4H3. The summed E-state index contributed by atoms with van der Waals surface area (Å²) in [7, 11) is 1.57. The molecule has 0 fully saturated rings. The fourth-order valence-corrected chi connectivity index (χ4v) is 1.91. The number of likely N-dealkylation sites (N-methyl/N-ethyl adjacent to an activating group) is 1. The smallest absolute Gasteiger partial charge is 0.149 e. The van der Waals surface area contributed by atoms with E-state index < -0.39 is 11.6 Å². The molecule has 114 valence electrons. The van der Waals surface area contributed by atoms with Crippen molar-refractivity contribution in [3.8, 4) is 0 Å². The molecule has 1 atom stereocenters. The van der Waals surface area contributed by atoms with Crippen molar-refractivity contribution in [3.05, 3.63) is 29.3 Å². The van der Waals surface area contributed by atoms with Crippen molar-refractivity contribution in [2.45, 2.75) is 33.4 Å². The van der Waals surface area contributed by atoms with Gasteiger partial charge in [0, 0.05) is 19.6 Å². The minimum Gasteiger partial charge on any atom is -0.394 e. The number of aliphatic hydroxyl groups excluding tert-OH is 1. The number of nitrogens with one attached hydrogen (secondary N) is 1. The third-order valence-electron chi connectivity index (χ3n) is 3.24. The Hall–Kier alpha value is -1.20. The Morgan fingerprint density at radius 3 is 2.20 bits per heavy atom. The molecule has 0 aliphatic carbocycles. The molecule has 20 heavy (non-hydrogen) atoms. The molecule has 0 bridgehead atoms. The Morgan fingerprint density at radius 1 is 1.20 bits per heavy atom. The van der Waals surface area contributed by atoms with Gasteiger partial charge in [-0.3, -0.25) is 0 Å². The summed E-state index contributed by atoms with van der Waals surface area (Å²) in [4.78, 5) is 1.41. The Kier molecular flexibility index (Phi) is 6.36. The monoisotopic (exact) mass is 286 g/mol. The number of rotatable bonds is 7. The predicted molar refractivity (Wildman–Crippen MR) is 77.9 cm³/mol. The van der Waals surface area contributed by atoms with Crippen LogP contribution in [0, 0.1) is 17.6 Å². The third-order valence-corrected chi connectivity index (χ3v) is 3.24. The summed E-state index contributed by atoms with van der Waals surface area (Å²) >= 11 is 0. The van der Waals surface area contributed by atoms with Crippen LogP contribution in [0.5, 0.6) is 0 Å².